The molecule has 3 rings (SSSR count). The zero-order valence-electron chi connectivity index (χ0n) is 12.2. The summed E-state index contributed by atoms with van der Waals surface area (Å²) in [4.78, 5) is 29.6. The van der Waals surface area contributed by atoms with Crippen LogP contribution in [0.15, 0.2) is 42.6 Å². The molecule has 118 valence electrons. The predicted molar refractivity (Wildman–Crippen MR) is 86.8 cm³/mol. The molecule has 1 aromatic heterocycles. The lowest BCUT2D eigenvalue weighted by molar-refractivity contribution is -0.121. The Morgan fingerprint density at radius 1 is 1.30 bits per heavy atom. The van der Waals surface area contributed by atoms with E-state index in [2.05, 4.69) is 10.3 Å². The minimum absolute atomic E-state index is 0.0165. The van der Waals surface area contributed by atoms with Gasteiger partial charge in [-0.3, -0.25) is 9.59 Å². The maximum atomic E-state index is 12.0. The Labute approximate surface area is 138 Å². The number of nitrogens with zero attached hydrogens (tertiary/aromatic N) is 2. The zero-order valence-corrected chi connectivity index (χ0v) is 12.9. The summed E-state index contributed by atoms with van der Waals surface area (Å²) in [6.45, 7) is 0.260. The summed E-state index contributed by atoms with van der Waals surface area (Å²) in [5.41, 5.74) is 0.682. The summed E-state index contributed by atoms with van der Waals surface area (Å²) in [7, 11) is 0. The Bertz CT molecular complexity index is 734. The summed E-state index contributed by atoms with van der Waals surface area (Å²) in [6, 6.07) is 10.5. The van der Waals surface area contributed by atoms with Crippen LogP contribution in [0.5, 0.6) is 5.75 Å². The number of fused-ring (bicyclic) bond motifs is 1. The second kappa shape index (κ2) is 6.66. The van der Waals surface area contributed by atoms with Crippen molar-refractivity contribution >= 4 is 34.9 Å². The van der Waals surface area contributed by atoms with Gasteiger partial charge in [0, 0.05) is 19.2 Å². The van der Waals surface area contributed by atoms with Gasteiger partial charge in [0.05, 0.1) is 10.7 Å². The summed E-state index contributed by atoms with van der Waals surface area (Å²) >= 11 is 5.74. The molecule has 2 amide bonds. The number of carbonyl (C=O) groups is 2. The molecule has 2 heterocycles. The van der Waals surface area contributed by atoms with Crippen LogP contribution in [0, 0.1) is 0 Å². The topological polar surface area (TPSA) is 71.5 Å². The van der Waals surface area contributed by atoms with Crippen molar-refractivity contribution in [3.63, 3.8) is 0 Å². The molecule has 0 saturated carbocycles. The minimum Gasteiger partial charge on any atom is -0.482 e. The molecule has 6 nitrogen and oxygen atoms in total. The highest BCUT2D eigenvalue weighted by Gasteiger charge is 2.25. The van der Waals surface area contributed by atoms with Crippen LogP contribution in [0.4, 0.5) is 11.5 Å². The molecular weight excluding hydrogens is 318 g/mol. The number of amides is 2. The molecule has 1 aliphatic rings. The van der Waals surface area contributed by atoms with Gasteiger partial charge < -0.3 is 15.0 Å². The number of hydrogen-bond acceptors (Lipinski definition) is 4. The smallest absolute Gasteiger partial charge is 0.265 e. The summed E-state index contributed by atoms with van der Waals surface area (Å²) in [6.07, 6.45) is 1.61. The van der Waals surface area contributed by atoms with Crippen LogP contribution in [0.3, 0.4) is 0 Å². The molecule has 23 heavy (non-hydrogen) atoms. The van der Waals surface area contributed by atoms with E-state index >= 15 is 0 Å². The van der Waals surface area contributed by atoms with E-state index < -0.39 is 0 Å². The fraction of sp³-hybridized carbons (Fsp3) is 0.188. The van der Waals surface area contributed by atoms with E-state index in [-0.39, 0.29) is 31.4 Å². The van der Waals surface area contributed by atoms with E-state index in [4.69, 9.17) is 16.3 Å². The molecule has 0 fully saturated rings. The van der Waals surface area contributed by atoms with Gasteiger partial charge in [0.15, 0.2) is 6.61 Å². The molecule has 0 aliphatic carbocycles. The third-order valence-corrected chi connectivity index (χ3v) is 3.59. The van der Waals surface area contributed by atoms with E-state index in [1.54, 1.807) is 29.2 Å². The van der Waals surface area contributed by atoms with Crippen LogP contribution in [-0.2, 0) is 9.59 Å². The number of halogens is 1. The fourth-order valence-electron chi connectivity index (χ4n) is 2.27. The highest BCUT2D eigenvalue weighted by Crippen LogP contribution is 2.31. The first-order valence-electron chi connectivity index (χ1n) is 7.07. The molecule has 0 spiro atoms. The maximum absolute atomic E-state index is 12.0. The Balaban J connectivity index is 1.62. The molecular formula is C16H14ClN3O3. The van der Waals surface area contributed by atoms with Gasteiger partial charge in [-0.1, -0.05) is 23.7 Å². The van der Waals surface area contributed by atoms with Crippen molar-refractivity contribution in [1.82, 2.24) is 4.98 Å². The number of nitrogens with one attached hydrogen (secondary N) is 1. The largest absolute Gasteiger partial charge is 0.482 e. The van der Waals surface area contributed by atoms with Gasteiger partial charge in [-0.15, -0.1) is 0 Å². The molecule has 7 heteroatoms. The first kappa shape index (κ1) is 15.3. The van der Waals surface area contributed by atoms with Crippen molar-refractivity contribution < 1.29 is 14.3 Å². The zero-order chi connectivity index (χ0) is 16.2. The highest BCUT2D eigenvalue weighted by molar-refractivity contribution is 6.30. The van der Waals surface area contributed by atoms with Crippen LogP contribution >= 0.6 is 11.6 Å². The minimum atomic E-state index is -0.225. The number of carbonyl (C=O) groups excluding carboxylic acids is 2. The Kier molecular flexibility index (Phi) is 4.43. The van der Waals surface area contributed by atoms with E-state index in [1.165, 1.54) is 6.20 Å². The first-order chi connectivity index (χ1) is 11.1. The number of benzene rings is 1. The average Bonchev–Trinajstić information content (AvgIpc) is 2.56. The SMILES string of the molecule is O=C(CCN1C(=O)COc2ccccc21)Nc1ccc(Cl)cn1. The van der Waals surface area contributed by atoms with Crippen molar-refractivity contribution in [3.05, 3.63) is 47.6 Å². The molecule has 1 aromatic carbocycles. The van der Waals surface area contributed by atoms with Crippen molar-refractivity contribution in [3.8, 4) is 5.75 Å². The molecule has 2 aromatic rings. The monoisotopic (exact) mass is 331 g/mol. The molecule has 0 saturated heterocycles. The normalized spacial score (nSPS) is 13.3. The molecule has 0 radical (unpaired) electrons. The van der Waals surface area contributed by atoms with E-state index in [0.29, 0.717) is 22.3 Å². The van der Waals surface area contributed by atoms with Gasteiger partial charge in [-0.05, 0) is 24.3 Å². The van der Waals surface area contributed by atoms with Crippen molar-refractivity contribution in [2.45, 2.75) is 6.42 Å². The third kappa shape index (κ3) is 3.60. The number of ether oxygens (including phenoxy) is 1. The van der Waals surface area contributed by atoms with Gasteiger partial charge >= 0.3 is 0 Å². The van der Waals surface area contributed by atoms with Crippen LogP contribution in [-0.4, -0.2) is 29.9 Å². The van der Waals surface area contributed by atoms with E-state index in [0.717, 1.165) is 0 Å². The Hall–Kier alpha value is -2.60. The van der Waals surface area contributed by atoms with Crippen molar-refractivity contribution in [2.75, 3.05) is 23.4 Å². The first-order valence-corrected chi connectivity index (χ1v) is 7.45. The van der Waals surface area contributed by atoms with E-state index in [1.807, 2.05) is 12.1 Å². The second-order valence-corrected chi connectivity index (χ2v) is 5.40. The van der Waals surface area contributed by atoms with Gasteiger partial charge in [0.1, 0.15) is 11.6 Å². The lowest BCUT2D eigenvalue weighted by Crippen LogP contribution is -2.40. The van der Waals surface area contributed by atoms with Gasteiger partial charge in [0.2, 0.25) is 5.91 Å². The van der Waals surface area contributed by atoms with Crippen LogP contribution in [0.25, 0.3) is 0 Å². The summed E-state index contributed by atoms with van der Waals surface area (Å²) < 4.78 is 5.37. The lowest BCUT2D eigenvalue weighted by Gasteiger charge is -2.29. The maximum Gasteiger partial charge on any atom is 0.265 e. The molecule has 1 N–H and O–H groups in total. The van der Waals surface area contributed by atoms with Crippen LogP contribution in [0.1, 0.15) is 6.42 Å². The van der Waals surface area contributed by atoms with Gasteiger partial charge in [-0.25, -0.2) is 4.98 Å². The van der Waals surface area contributed by atoms with E-state index in [9.17, 15) is 9.59 Å². The van der Waals surface area contributed by atoms with Gasteiger partial charge in [0.25, 0.3) is 5.91 Å². The molecule has 0 bridgehead atoms. The second-order valence-electron chi connectivity index (χ2n) is 4.96. The van der Waals surface area contributed by atoms with Gasteiger partial charge in [-0.2, -0.15) is 0 Å². The Morgan fingerprint density at radius 3 is 2.91 bits per heavy atom. The number of rotatable bonds is 4. The Morgan fingerprint density at radius 2 is 2.13 bits per heavy atom. The fourth-order valence-corrected chi connectivity index (χ4v) is 2.38. The lowest BCUT2D eigenvalue weighted by atomic mass is 10.2. The predicted octanol–water partition coefficient (Wildman–Crippen LogP) is 2.49. The van der Waals surface area contributed by atoms with Crippen LogP contribution in [0.2, 0.25) is 5.02 Å². The van der Waals surface area contributed by atoms with Crippen molar-refractivity contribution in [1.29, 1.82) is 0 Å². The number of pyridine rings is 1. The molecule has 0 atom stereocenters. The number of para-hydroxylation sites is 2. The average molecular weight is 332 g/mol. The number of hydrogen-bond donors (Lipinski definition) is 1. The molecule has 0 unspecified atom stereocenters. The summed E-state index contributed by atoms with van der Waals surface area (Å²) in [5, 5.41) is 3.17. The number of anilines is 2. The summed E-state index contributed by atoms with van der Waals surface area (Å²) in [5.74, 6) is 0.678. The standard InChI is InChI=1S/C16H14ClN3O3/c17-11-5-6-14(18-9-11)19-15(21)7-8-20-12-3-1-2-4-13(12)23-10-16(20)22/h1-6,9H,7-8,10H2,(H,18,19,21). The third-order valence-electron chi connectivity index (χ3n) is 3.37. The van der Waals surface area contributed by atoms with Crippen molar-refractivity contribution in [2.24, 2.45) is 0 Å². The quantitative estimate of drug-likeness (QED) is 0.934. The van der Waals surface area contributed by atoms with Crippen LogP contribution < -0.4 is 15.0 Å². The highest BCUT2D eigenvalue weighted by atomic mass is 35.5. The molecule has 1 aliphatic heterocycles. The number of aromatic nitrogens is 1.